The number of carbonyl (C=O) groups is 1. The molecule has 0 atom stereocenters. The smallest absolute Gasteiger partial charge is 0.244 e. The van der Waals surface area contributed by atoms with Gasteiger partial charge in [0.05, 0.1) is 6.26 Å². The summed E-state index contributed by atoms with van der Waals surface area (Å²) in [5.74, 6) is 2.26. The Balaban J connectivity index is 1.91. The molecule has 1 aromatic heterocycles. The predicted molar refractivity (Wildman–Crippen MR) is 130 cm³/mol. The number of benzene rings is 1. The molecule has 1 N–H and O–H groups in total. The van der Waals surface area contributed by atoms with Gasteiger partial charge in [-0.05, 0) is 89.6 Å². The molecule has 0 aliphatic carbocycles. The summed E-state index contributed by atoms with van der Waals surface area (Å²) in [7, 11) is 0. The SMILES string of the molecule is CCC(C)(C)Oc1ccc(CCCCNC(=O)/C=C/c2ccco2)c(OC(C)(C)CC)c1. The number of hydrogen-bond acceptors (Lipinski definition) is 4. The van der Waals surface area contributed by atoms with Crippen LogP contribution in [-0.2, 0) is 11.2 Å². The largest absolute Gasteiger partial charge is 0.488 e. The minimum atomic E-state index is -0.248. The third-order valence-corrected chi connectivity index (χ3v) is 5.64. The van der Waals surface area contributed by atoms with Crippen LogP contribution < -0.4 is 14.8 Å². The van der Waals surface area contributed by atoms with Gasteiger partial charge in [-0.3, -0.25) is 4.79 Å². The Morgan fingerprint density at radius 1 is 1.03 bits per heavy atom. The molecule has 0 spiro atoms. The first-order valence-corrected chi connectivity index (χ1v) is 11.6. The second kappa shape index (κ2) is 11.8. The minimum Gasteiger partial charge on any atom is -0.488 e. The first-order chi connectivity index (χ1) is 15.1. The topological polar surface area (TPSA) is 60.7 Å². The first-order valence-electron chi connectivity index (χ1n) is 11.6. The van der Waals surface area contributed by atoms with Crippen LogP contribution in [0.4, 0.5) is 0 Å². The van der Waals surface area contributed by atoms with E-state index < -0.39 is 0 Å². The summed E-state index contributed by atoms with van der Waals surface area (Å²) >= 11 is 0. The second-order valence-corrected chi connectivity index (χ2v) is 9.30. The molecule has 1 aromatic carbocycles. The van der Waals surface area contributed by atoms with Crippen molar-refractivity contribution in [3.05, 3.63) is 54.0 Å². The van der Waals surface area contributed by atoms with Crippen molar-refractivity contribution in [2.75, 3.05) is 6.54 Å². The molecule has 176 valence electrons. The summed E-state index contributed by atoms with van der Waals surface area (Å²) in [6.07, 6.45) is 9.30. The van der Waals surface area contributed by atoms with Crippen LogP contribution in [0.5, 0.6) is 11.5 Å². The van der Waals surface area contributed by atoms with Gasteiger partial charge in [-0.25, -0.2) is 0 Å². The van der Waals surface area contributed by atoms with Gasteiger partial charge in [0.2, 0.25) is 5.91 Å². The van der Waals surface area contributed by atoms with Crippen molar-refractivity contribution < 1.29 is 18.7 Å². The van der Waals surface area contributed by atoms with Crippen molar-refractivity contribution in [2.45, 2.75) is 84.8 Å². The van der Waals surface area contributed by atoms with Gasteiger partial charge >= 0.3 is 0 Å². The molecule has 0 saturated carbocycles. The number of ether oxygens (including phenoxy) is 2. The third kappa shape index (κ3) is 8.81. The third-order valence-electron chi connectivity index (χ3n) is 5.64. The number of amides is 1. The number of aryl methyl sites for hydroxylation is 1. The zero-order valence-corrected chi connectivity index (χ0v) is 20.5. The zero-order chi connectivity index (χ0) is 23.6. The van der Waals surface area contributed by atoms with E-state index in [0.717, 1.165) is 49.2 Å². The molecule has 2 rings (SSSR count). The van der Waals surface area contributed by atoms with Crippen molar-refractivity contribution in [3.8, 4) is 11.5 Å². The van der Waals surface area contributed by atoms with Crippen LogP contribution in [-0.4, -0.2) is 23.7 Å². The standard InChI is InChI=1S/C27H39NO4/c1-7-26(3,4)31-23-15-14-21(24(20-23)32-27(5,6)8-2)12-9-10-18-28-25(29)17-16-22-13-11-19-30-22/h11,13-17,19-20H,7-10,12,18H2,1-6H3,(H,28,29)/b17-16+. The molecule has 0 saturated heterocycles. The van der Waals surface area contributed by atoms with Gasteiger partial charge in [0.15, 0.2) is 0 Å². The van der Waals surface area contributed by atoms with Gasteiger partial charge in [-0.15, -0.1) is 0 Å². The highest BCUT2D eigenvalue weighted by Crippen LogP contribution is 2.32. The highest BCUT2D eigenvalue weighted by atomic mass is 16.5. The normalized spacial score (nSPS) is 12.2. The fraction of sp³-hybridized carbons (Fsp3) is 0.519. The summed E-state index contributed by atoms with van der Waals surface area (Å²) in [6.45, 7) is 13.3. The summed E-state index contributed by atoms with van der Waals surface area (Å²) in [4.78, 5) is 11.9. The highest BCUT2D eigenvalue weighted by molar-refractivity contribution is 5.91. The Labute approximate surface area is 193 Å². The van der Waals surface area contributed by atoms with Crippen LogP contribution in [0.3, 0.4) is 0 Å². The van der Waals surface area contributed by atoms with Gasteiger partial charge in [-0.1, -0.05) is 19.9 Å². The highest BCUT2D eigenvalue weighted by Gasteiger charge is 2.21. The first kappa shape index (κ1) is 25.6. The Morgan fingerprint density at radius 3 is 2.41 bits per heavy atom. The summed E-state index contributed by atoms with van der Waals surface area (Å²) < 4.78 is 17.7. The quantitative estimate of drug-likeness (QED) is 0.282. The van der Waals surface area contributed by atoms with Gasteiger partial charge in [-0.2, -0.15) is 0 Å². The predicted octanol–water partition coefficient (Wildman–Crippen LogP) is 6.57. The maximum atomic E-state index is 11.9. The fourth-order valence-corrected chi connectivity index (χ4v) is 2.92. The van der Waals surface area contributed by atoms with E-state index in [9.17, 15) is 4.79 Å². The van der Waals surface area contributed by atoms with Crippen LogP contribution in [0, 0.1) is 0 Å². The molecular weight excluding hydrogens is 402 g/mol. The monoisotopic (exact) mass is 441 g/mol. The molecule has 0 aliphatic heterocycles. The summed E-state index contributed by atoms with van der Waals surface area (Å²) in [6, 6.07) is 9.75. The Kier molecular flexibility index (Phi) is 9.42. The van der Waals surface area contributed by atoms with Crippen LogP contribution in [0.2, 0.25) is 0 Å². The molecule has 32 heavy (non-hydrogen) atoms. The Hall–Kier alpha value is -2.69. The molecule has 0 radical (unpaired) electrons. The lowest BCUT2D eigenvalue weighted by Gasteiger charge is -2.29. The number of nitrogens with one attached hydrogen (secondary N) is 1. The summed E-state index contributed by atoms with van der Waals surface area (Å²) in [5.41, 5.74) is 0.696. The maximum Gasteiger partial charge on any atom is 0.244 e. The maximum absolute atomic E-state index is 11.9. The number of unbranched alkanes of at least 4 members (excludes halogenated alkanes) is 1. The molecule has 2 aromatic rings. The van der Waals surface area contributed by atoms with Crippen molar-refractivity contribution in [2.24, 2.45) is 0 Å². The van der Waals surface area contributed by atoms with Crippen LogP contribution in [0.1, 0.15) is 78.5 Å². The van der Waals surface area contributed by atoms with Crippen molar-refractivity contribution in [1.29, 1.82) is 0 Å². The lowest BCUT2D eigenvalue weighted by molar-refractivity contribution is -0.116. The van der Waals surface area contributed by atoms with E-state index in [1.165, 1.54) is 6.08 Å². The van der Waals surface area contributed by atoms with Gasteiger partial charge in [0.1, 0.15) is 28.5 Å². The van der Waals surface area contributed by atoms with E-state index >= 15 is 0 Å². The molecule has 1 amide bonds. The number of rotatable bonds is 13. The van der Waals surface area contributed by atoms with Crippen LogP contribution in [0.25, 0.3) is 6.08 Å². The van der Waals surface area contributed by atoms with Crippen molar-refractivity contribution in [3.63, 3.8) is 0 Å². The molecule has 0 bridgehead atoms. The molecule has 0 unspecified atom stereocenters. The number of carbonyl (C=O) groups excluding carboxylic acids is 1. The van der Waals surface area contributed by atoms with Crippen molar-refractivity contribution >= 4 is 12.0 Å². The van der Waals surface area contributed by atoms with E-state index in [-0.39, 0.29) is 17.1 Å². The van der Waals surface area contributed by atoms with E-state index in [2.05, 4.69) is 52.9 Å². The average molecular weight is 442 g/mol. The molecule has 5 nitrogen and oxygen atoms in total. The van der Waals surface area contributed by atoms with Crippen LogP contribution in [0.15, 0.2) is 47.1 Å². The lowest BCUT2D eigenvalue weighted by atomic mass is 10.0. The van der Waals surface area contributed by atoms with E-state index in [1.54, 1.807) is 18.4 Å². The minimum absolute atomic E-state index is 0.116. The van der Waals surface area contributed by atoms with Crippen molar-refractivity contribution in [1.82, 2.24) is 5.32 Å². The average Bonchev–Trinajstić information content (AvgIpc) is 3.26. The van der Waals surface area contributed by atoms with Gasteiger partial charge < -0.3 is 19.2 Å². The molecular formula is C27H39NO4. The molecule has 1 heterocycles. The Morgan fingerprint density at radius 2 is 1.75 bits per heavy atom. The second-order valence-electron chi connectivity index (χ2n) is 9.30. The number of hydrogen-bond donors (Lipinski definition) is 1. The van der Waals surface area contributed by atoms with E-state index in [0.29, 0.717) is 12.3 Å². The van der Waals surface area contributed by atoms with Gasteiger partial charge in [0.25, 0.3) is 0 Å². The number of furan rings is 1. The Bertz CT molecular complexity index is 866. The van der Waals surface area contributed by atoms with E-state index in [1.807, 2.05) is 18.2 Å². The molecule has 0 aliphatic rings. The van der Waals surface area contributed by atoms with Crippen LogP contribution >= 0.6 is 0 Å². The lowest BCUT2D eigenvalue weighted by Crippen LogP contribution is -2.28. The zero-order valence-electron chi connectivity index (χ0n) is 20.5. The molecule has 0 fully saturated rings. The summed E-state index contributed by atoms with van der Waals surface area (Å²) in [5, 5.41) is 2.92. The molecule has 5 heteroatoms. The van der Waals surface area contributed by atoms with Gasteiger partial charge in [0, 0.05) is 18.7 Å². The fourth-order valence-electron chi connectivity index (χ4n) is 2.92. The van der Waals surface area contributed by atoms with E-state index in [4.69, 9.17) is 13.9 Å².